The van der Waals surface area contributed by atoms with E-state index in [1.165, 1.54) is 6.07 Å². The van der Waals surface area contributed by atoms with E-state index in [2.05, 4.69) is 14.9 Å². The highest BCUT2D eigenvalue weighted by atomic mass is 32.2. The van der Waals surface area contributed by atoms with Crippen molar-refractivity contribution in [1.82, 2.24) is 19.4 Å². The van der Waals surface area contributed by atoms with Crippen LogP contribution in [0.15, 0.2) is 21.7 Å². The molecule has 3 rings (SSSR count). The van der Waals surface area contributed by atoms with E-state index >= 15 is 0 Å². The molecule has 0 saturated heterocycles. The molecule has 0 bridgehead atoms. The van der Waals surface area contributed by atoms with Crippen LogP contribution < -0.4 is 4.72 Å². The molecule has 8 nitrogen and oxygen atoms in total. The quantitative estimate of drug-likeness (QED) is 0.803. The largest absolute Gasteiger partial charge is 0.390 e. The zero-order valence-corrected chi connectivity index (χ0v) is 12.3. The summed E-state index contributed by atoms with van der Waals surface area (Å²) in [5, 5.41) is 12.9. The molecular formula is C12H16N4O4S. The summed E-state index contributed by atoms with van der Waals surface area (Å²) in [5.41, 5.74) is 0.603. The van der Waals surface area contributed by atoms with Crippen molar-refractivity contribution in [3.63, 3.8) is 0 Å². The van der Waals surface area contributed by atoms with E-state index in [-0.39, 0.29) is 23.9 Å². The van der Waals surface area contributed by atoms with E-state index in [1.807, 2.05) is 4.57 Å². The van der Waals surface area contributed by atoms with Gasteiger partial charge in [0.25, 0.3) is 0 Å². The van der Waals surface area contributed by atoms with E-state index in [9.17, 15) is 13.5 Å². The molecule has 21 heavy (non-hydrogen) atoms. The number of nitrogens with one attached hydrogen (secondary N) is 1. The predicted molar refractivity (Wildman–Crippen MR) is 71.7 cm³/mol. The molecule has 114 valence electrons. The Morgan fingerprint density at radius 1 is 1.52 bits per heavy atom. The average Bonchev–Trinajstić information content (AvgIpc) is 3.05. The van der Waals surface area contributed by atoms with Crippen molar-refractivity contribution < 1.29 is 18.0 Å². The zero-order valence-electron chi connectivity index (χ0n) is 11.5. The van der Waals surface area contributed by atoms with Crippen LogP contribution in [-0.2, 0) is 23.2 Å². The van der Waals surface area contributed by atoms with Crippen LogP contribution in [0.4, 0.5) is 0 Å². The Labute approximate surface area is 121 Å². The lowest BCUT2D eigenvalue weighted by Gasteiger charge is -2.03. The highest BCUT2D eigenvalue weighted by molar-refractivity contribution is 7.89. The topological polar surface area (TPSA) is 110 Å². The normalized spacial score (nSPS) is 15.5. The molecule has 1 aliphatic carbocycles. The first-order valence-electron chi connectivity index (χ1n) is 6.60. The van der Waals surface area contributed by atoms with E-state index < -0.39 is 10.0 Å². The van der Waals surface area contributed by atoms with E-state index in [4.69, 9.17) is 4.52 Å². The maximum absolute atomic E-state index is 12.2. The van der Waals surface area contributed by atoms with Gasteiger partial charge < -0.3 is 14.2 Å². The number of aryl methyl sites for hydroxylation is 1. The van der Waals surface area contributed by atoms with Gasteiger partial charge in [-0.25, -0.2) is 13.1 Å². The monoisotopic (exact) mass is 312 g/mol. The Balaban J connectivity index is 1.77. The molecule has 0 aromatic carbocycles. The fourth-order valence-corrected chi connectivity index (χ4v) is 3.14. The summed E-state index contributed by atoms with van der Waals surface area (Å²) in [4.78, 5) is 4.07. The van der Waals surface area contributed by atoms with Gasteiger partial charge in [0.2, 0.25) is 15.9 Å². The minimum Gasteiger partial charge on any atom is -0.390 e. The second-order valence-electron chi connectivity index (χ2n) is 5.02. The van der Waals surface area contributed by atoms with E-state index in [0.717, 1.165) is 12.8 Å². The van der Waals surface area contributed by atoms with Crippen molar-refractivity contribution in [3.05, 3.63) is 29.7 Å². The molecular weight excluding hydrogens is 296 g/mol. The van der Waals surface area contributed by atoms with E-state index in [0.29, 0.717) is 17.6 Å². The highest BCUT2D eigenvalue weighted by Gasteiger charge is 2.28. The molecule has 2 N–H and O–H groups in total. The smallest absolute Gasteiger partial charge is 0.242 e. The minimum atomic E-state index is -3.68. The Kier molecular flexibility index (Phi) is 3.56. The predicted octanol–water partition coefficient (Wildman–Crippen LogP) is 0.485. The van der Waals surface area contributed by atoms with Crippen LogP contribution >= 0.6 is 0 Å². The summed E-state index contributed by atoms with van der Waals surface area (Å²) in [5.74, 6) is 0.659. The number of aliphatic hydroxyl groups is 1. The average molecular weight is 312 g/mol. The summed E-state index contributed by atoms with van der Waals surface area (Å²) in [6.07, 6.45) is 3.58. The highest BCUT2D eigenvalue weighted by Crippen LogP contribution is 2.37. The van der Waals surface area contributed by atoms with Crippen molar-refractivity contribution >= 4 is 10.0 Å². The van der Waals surface area contributed by atoms with Crippen LogP contribution in [-0.4, -0.2) is 28.2 Å². The van der Waals surface area contributed by atoms with Crippen LogP contribution in [0.1, 0.15) is 36.3 Å². The molecule has 1 saturated carbocycles. The second kappa shape index (κ2) is 5.24. The molecule has 0 atom stereocenters. The summed E-state index contributed by atoms with van der Waals surface area (Å²) < 4.78 is 33.6. The van der Waals surface area contributed by atoms with Gasteiger partial charge in [-0.2, -0.15) is 4.98 Å². The van der Waals surface area contributed by atoms with Crippen LogP contribution in [0.3, 0.4) is 0 Å². The van der Waals surface area contributed by atoms with Crippen molar-refractivity contribution in [2.75, 3.05) is 0 Å². The number of aliphatic hydroxyl groups excluding tert-OH is 1. The fraction of sp³-hybridized carbons (Fsp3) is 0.500. The van der Waals surface area contributed by atoms with Crippen molar-refractivity contribution in [2.45, 2.75) is 43.9 Å². The number of nitrogens with zero attached hydrogens (tertiary/aromatic N) is 3. The maximum Gasteiger partial charge on any atom is 0.242 e. The van der Waals surface area contributed by atoms with Gasteiger partial charge in [-0.05, 0) is 25.8 Å². The van der Waals surface area contributed by atoms with Gasteiger partial charge in [0.05, 0.1) is 18.0 Å². The molecule has 0 aliphatic heterocycles. The first kappa shape index (κ1) is 14.2. The first-order chi connectivity index (χ1) is 9.99. The lowest BCUT2D eigenvalue weighted by atomic mass is 10.4. The Hall–Kier alpha value is -1.71. The Morgan fingerprint density at radius 3 is 2.86 bits per heavy atom. The molecule has 1 fully saturated rings. The van der Waals surface area contributed by atoms with Gasteiger partial charge in [0.15, 0.2) is 5.82 Å². The summed E-state index contributed by atoms with van der Waals surface area (Å²) in [7, 11) is -3.68. The third-order valence-electron chi connectivity index (χ3n) is 3.30. The molecule has 9 heteroatoms. The van der Waals surface area contributed by atoms with Crippen LogP contribution in [0.25, 0.3) is 0 Å². The van der Waals surface area contributed by atoms with Crippen LogP contribution in [0.2, 0.25) is 0 Å². The summed E-state index contributed by atoms with van der Waals surface area (Å²) in [6, 6.07) is 1.79. The molecule has 0 amide bonds. The van der Waals surface area contributed by atoms with E-state index in [1.54, 1.807) is 13.1 Å². The van der Waals surface area contributed by atoms with Gasteiger partial charge in [-0.1, -0.05) is 5.16 Å². The van der Waals surface area contributed by atoms with Crippen molar-refractivity contribution in [1.29, 1.82) is 0 Å². The summed E-state index contributed by atoms with van der Waals surface area (Å²) in [6.45, 7) is 1.41. The molecule has 0 radical (unpaired) electrons. The van der Waals surface area contributed by atoms with Crippen LogP contribution in [0.5, 0.6) is 0 Å². The van der Waals surface area contributed by atoms with Crippen LogP contribution in [0, 0.1) is 6.92 Å². The van der Waals surface area contributed by atoms with Gasteiger partial charge >= 0.3 is 0 Å². The molecule has 2 aromatic heterocycles. The Bertz CT molecular complexity index is 745. The number of aromatic nitrogens is 3. The minimum absolute atomic E-state index is 0.0633. The molecule has 0 spiro atoms. The van der Waals surface area contributed by atoms with Gasteiger partial charge in [-0.3, -0.25) is 0 Å². The molecule has 2 aromatic rings. The summed E-state index contributed by atoms with van der Waals surface area (Å²) >= 11 is 0. The zero-order chi connectivity index (χ0) is 15.0. The number of hydrogen-bond donors (Lipinski definition) is 2. The van der Waals surface area contributed by atoms with Crippen molar-refractivity contribution in [3.8, 4) is 0 Å². The lowest BCUT2D eigenvalue weighted by Crippen LogP contribution is -2.23. The third kappa shape index (κ3) is 2.99. The van der Waals surface area contributed by atoms with Crippen molar-refractivity contribution in [2.24, 2.45) is 0 Å². The third-order valence-corrected chi connectivity index (χ3v) is 4.67. The maximum atomic E-state index is 12.2. The second-order valence-corrected chi connectivity index (χ2v) is 6.79. The Morgan fingerprint density at radius 2 is 2.29 bits per heavy atom. The number of rotatable bonds is 6. The standard InChI is InChI=1S/C12H16N4O4S/c1-8-14-12(20-15-8)5-13-21(18,19)11-4-10(7-17)16(6-11)9-2-3-9/h4,6,9,13,17H,2-3,5,7H2,1H3. The fourth-order valence-electron chi connectivity index (χ4n) is 2.11. The SMILES string of the molecule is Cc1noc(CNS(=O)(=O)c2cc(CO)n(C3CC3)c2)n1. The van der Waals surface area contributed by atoms with Gasteiger partial charge in [-0.15, -0.1) is 0 Å². The number of hydrogen-bond acceptors (Lipinski definition) is 6. The number of sulfonamides is 1. The van der Waals surface area contributed by atoms with Gasteiger partial charge in [0, 0.05) is 17.9 Å². The molecule has 2 heterocycles. The molecule has 1 aliphatic rings. The lowest BCUT2D eigenvalue weighted by molar-refractivity contribution is 0.270. The molecule has 0 unspecified atom stereocenters. The van der Waals surface area contributed by atoms with Gasteiger partial charge in [0.1, 0.15) is 0 Å². The first-order valence-corrected chi connectivity index (χ1v) is 8.08.